The fourth-order valence-electron chi connectivity index (χ4n) is 2.03. The molecule has 2 rings (SSSR count). The van der Waals surface area contributed by atoms with Crippen LogP contribution in [-0.2, 0) is 22.7 Å². The average molecular weight is 347 g/mol. The van der Waals surface area contributed by atoms with Crippen molar-refractivity contribution in [2.45, 2.75) is 17.6 Å². The van der Waals surface area contributed by atoms with E-state index < -0.39 is 32.5 Å². The van der Waals surface area contributed by atoms with Crippen molar-refractivity contribution in [3.8, 4) is 0 Å². The Labute approximate surface area is 131 Å². The number of hydrogen-bond donors (Lipinski definition) is 0. The summed E-state index contributed by atoms with van der Waals surface area (Å²) in [5.41, 5.74) is -0.757. The summed E-state index contributed by atoms with van der Waals surface area (Å²) in [6, 6.07) is 9.04. The molecular weight excluding hydrogens is 334 g/mol. The van der Waals surface area contributed by atoms with Crippen LogP contribution in [0.2, 0.25) is 0 Å². The van der Waals surface area contributed by atoms with Crippen LogP contribution in [0.1, 0.15) is 11.1 Å². The average Bonchev–Trinajstić information content (AvgIpc) is 2.48. The second-order valence-electron chi connectivity index (χ2n) is 4.88. The number of benzene rings is 2. The van der Waals surface area contributed by atoms with Gasteiger partial charge >= 0.3 is 6.18 Å². The van der Waals surface area contributed by atoms with Gasteiger partial charge in [-0.2, -0.15) is 17.5 Å². The highest BCUT2D eigenvalue weighted by molar-refractivity contribution is 7.89. The summed E-state index contributed by atoms with van der Waals surface area (Å²) in [5, 5.41) is 0. The normalized spacial score (nSPS) is 12.6. The zero-order chi connectivity index (χ0) is 17.3. The summed E-state index contributed by atoms with van der Waals surface area (Å²) in [5.74, 6) is -0.485. The van der Waals surface area contributed by atoms with Gasteiger partial charge in [0.15, 0.2) is 0 Å². The van der Waals surface area contributed by atoms with Crippen LogP contribution < -0.4 is 0 Å². The quantitative estimate of drug-likeness (QED) is 0.792. The number of halogens is 4. The van der Waals surface area contributed by atoms with E-state index in [-0.39, 0.29) is 6.54 Å². The Bertz CT molecular complexity index is 786. The van der Waals surface area contributed by atoms with E-state index in [1.165, 1.54) is 25.2 Å². The van der Waals surface area contributed by atoms with Gasteiger partial charge in [-0.25, -0.2) is 12.8 Å². The summed E-state index contributed by atoms with van der Waals surface area (Å²) in [4.78, 5) is -0.808. The van der Waals surface area contributed by atoms with Gasteiger partial charge in [0.1, 0.15) is 5.82 Å². The van der Waals surface area contributed by atoms with Gasteiger partial charge in [-0.1, -0.05) is 24.3 Å². The lowest BCUT2D eigenvalue weighted by atomic mass is 10.2. The van der Waals surface area contributed by atoms with Crippen LogP contribution >= 0.6 is 0 Å². The van der Waals surface area contributed by atoms with Crippen molar-refractivity contribution < 1.29 is 26.0 Å². The Balaban J connectivity index is 2.37. The predicted molar refractivity (Wildman–Crippen MR) is 76.5 cm³/mol. The highest BCUT2D eigenvalue weighted by atomic mass is 32.2. The van der Waals surface area contributed by atoms with Crippen LogP contribution in [0.5, 0.6) is 0 Å². The van der Waals surface area contributed by atoms with Gasteiger partial charge in [0.2, 0.25) is 10.0 Å². The highest BCUT2D eigenvalue weighted by Gasteiger charge is 2.38. The highest BCUT2D eigenvalue weighted by Crippen LogP contribution is 2.35. The van der Waals surface area contributed by atoms with Crippen molar-refractivity contribution in [1.29, 1.82) is 0 Å². The summed E-state index contributed by atoms with van der Waals surface area (Å²) in [7, 11) is -3.17. The van der Waals surface area contributed by atoms with Gasteiger partial charge in [-0.3, -0.25) is 0 Å². The lowest BCUT2D eigenvalue weighted by molar-refractivity contribution is -0.139. The molecule has 0 unspecified atom stereocenters. The molecule has 0 atom stereocenters. The van der Waals surface area contributed by atoms with E-state index in [1.807, 2.05) is 0 Å². The van der Waals surface area contributed by atoms with E-state index in [0.29, 0.717) is 5.56 Å². The molecule has 0 aliphatic heterocycles. The summed E-state index contributed by atoms with van der Waals surface area (Å²) in [6.07, 6.45) is -4.78. The van der Waals surface area contributed by atoms with Crippen molar-refractivity contribution in [3.63, 3.8) is 0 Å². The molecular formula is C15H13F4NO2S. The first-order valence-electron chi connectivity index (χ1n) is 6.49. The molecule has 0 aliphatic rings. The summed E-state index contributed by atoms with van der Waals surface area (Å²) >= 11 is 0. The van der Waals surface area contributed by atoms with Crippen molar-refractivity contribution in [1.82, 2.24) is 4.31 Å². The number of hydrogen-bond acceptors (Lipinski definition) is 2. The zero-order valence-electron chi connectivity index (χ0n) is 12.0. The zero-order valence-corrected chi connectivity index (χ0v) is 12.8. The Morgan fingerprint density at radius 1 is 1.00 bits per heavy atom. The van der Waals surface area contributed by atoms with Crippen LogP contribution in [0.4, 0.5) is 17.6 Å². The fourth-order valence-corrected chi connectivity index (χ4v) is 3.39. The monoisotopic (exact) mass is 347 g/mol. The summed E-state index contributed by atoms with van der Waals surface area (Å²) in [6.45, 7) is -0.172. The lowest BCUT2D eigenvalue weighted by Crippen LogP contribution is -2.28. The Kier molecular flexibility index (Phi) is 4.76. The van der Waals surface area contributed by atoms with Gasteiger partial charge in [-0.05, 0) is 29.8 Å². The van der Waals surface area contributed by atoms with E-state index in [0.717, 1.165) is 34.6 Å². The van der Waals surface area contributed by atoms with Crippen LogP contribution in [0.3, 0.4) is 0 Å². The molecule has 2 aromatic rings. The molecule has 0 fully saturated rings. The van der Waals surface area contributed by atoms with Crippen molar-refractivity contribution in [3.05, 3.63) is 65.5 Å². The Hall–Kier alpha value is -1.93. The molecule has 3 nitrogen and oxygen atoms in total. The third kappa shape index (κ3) is 3.89. The molecule has 0 N–H and O–H groups in total. The maximum atomic E-state index is 13.0. The predicted octanol–water partition coefficient (Wildman–Crippen LogP) is 3.67. The second-order valence-corrected chi connectivity index (χ2v) is 6.89. The molecule has 2 aromatic carbocycles. The standard InChI is InChI=1S/C15H13F4NO2S/c1-20(10-11-6-8-12(16)9-7-11)23(21,22)14-5-3-2-4-13(14)15(17,18)19/h2-9H,10H2,1H3. The van der Waals surface area contributed by atoms with E-state index in [9.17, 15) is 26.0 Å². The van der Waals surface area contributed by atoms with Crippen molar-refractivity contribution >= 4 is 10.0 Å². The Morgan fingerprint density at radius 2 is 1.57 bits per heavy atom. The van der Waals surface area contributed by atoms with E-state index in [4.69, 9.17) is 0 Å². The molecule has 23 heavy (non-hydrogen) atoms. The smallest absolute Gasteiger partial charge is 0.207 e. The molecule has 0 saturated carbocycles. The van der Waals surface area contributed by atoms with Gasteiger partial charge in [0.25, 0.3) is 0 Å². The van der Waals surface area contributed by atoms with Crippen LogP contribution in [-0.4, -0.2) is 19.8 Å². The molecule has 0 aliphatic carbocycles. The minimum Gasteiger partial charge on any atom is -0.207 e. The molecule has 0 radical (unpaired) electrons. The first-order chi connectivity index (χ1) is 10.6. The summed E-state index contributed by atoms with van der Waals surface area (Å²) < 4.78 is 77.5. The number of alkyl halides is 3. The largest absolute Gasteiger partial charge is 0.417 e. The Morgan fingerprint density at radius 3 is 2.13 bits per heavy atom. The molecule has 0 amide bonds. The lowest BCUT2D eigenvalue weighted by Gasteiger charge is -2.20. The number of sulfonamides is 1. The molecule has 0 aromatic heterocycles. The molecule has 124 valence electrons. The van der Waals surface area contributed by atoms with Crippen LogP contribution in [0, 0.1) is 5.82 Å². The first-order valence-corrected chi connectivity index (χ1v) is 7.93. The maximum absolute atomic E-state index is 13.0. The van der Waals surface area contributed by atoms with Crippen LogP contribution in [0.25, 0.3) is 0 Å². The number of nitrogens with zero attached hydrogens (tertiary/aromatic N) is 1. The van der Waals surface area contributed by atoms with E-state index in [1.54, 1.807) is 0 Å². The minimum absolute atomic E-state index is 0.172. The van der Waals surface area contributed by atoms with Gasteiger partial charge in [0.05, 0.1) is 10.5 Å². The van der Waals surface area contributed by atoms with E-state index in [2.05, 4.69) is 0 Å². The molecule has 0 spiro atoms. The molecule has 0 saturated heterocycles. The molecule has 0 bridgehead atoms. The van der Waals surface area contributed by atoms with Gasteiger partial charge in [-0.15, -0.1) is 0 Å². The topological polar surface area (TPSA) is 37.4 Å². The van der Waals surface area contributed by atoms with Gasteiger partial charge in [0, 0.05) is 13.6 Å². The second kappa shape index (κ2) is 6.29. The van der Waals surface area contributed by atoms with Crippen molar-refractivity contribution in [2.75, 3.05) is 7.05 Å². The minimum atomic E-state index is -4.78. The van der Waals surface area contributed by atoms with Gasteiger partial charge < -0.3 is 0 Å². The first kappa shape index (κ1) is 17.4. The maximum Gasteiger partial charge on any atom is 0.417 e. The van der Waals surface area contributed by atoms with E-state index >= 15 is 0 Å². The number of rotatable bonds is 4. The van der Waals surface area contributed by atoms with Crippen LogP contribution in [0.15, 0.2) is 53.4 Å². The molecule has 8 heteroatoms. The SMILES string of the molecule is CN(Cc1ccc(F)cc1)S(=O)(=O)c1ccccc1C(F)(F)F. The third-order valence-corrected chi connectivity index (χ3v) is 5.06. The molecule has 0 heterocycles. The van der Waals surface area contributed by atoms with Crippen molar-refractivity contribution in [2.24, 2.45) is 0 Å². The fraction of sp³-hybridized carbons (Fsp3) is 0.200. The third-order valence-electron chi connectivity index (χ3n) is 3.20.